The van der Waals surface area contributed by atoms with Crippen LogP contribution in [-0.4, -0.2) is 62.8 Å². The maximum absolute atomic E-state index is 12.9. The van der Waals surface area contributed by atoms with E-state index >= 15 is 0 Å². The number of esters is 1. The average molecular weight is 458 g/mol. The van der Waals surface area contributed by atoms with Gasteiger partial charge in [0.25, 0.3) is 0 Å². The van der Waals surface area contributed by atoms with E-state index in [9.17, 15) is 14.4 Å². The van der Waals surface area contributed by atoms with Crippen molar-refractivity contribution in [3.63, 3.8) is 0 Å². The number of benzene rings is 1. The molecule has 1 aromatic carbocycles. The molecule has 0 saturated carbocycles. The lowest BCUT2D eigenvalue weighted by molar-refractivity contribution is 0.0502. The summed E-state index contributed by atoms with van der Waals surface area (Å²) in [6, 6.07) is 5.22. The third kappa shape index (κ3) is 7.54. The molecule has 0 atom stereocenters. The lowest BCUT2D eigenvalue weighted by Gasteiger charge is -2.20. The van der Waals surface area contributed by atoms with Gasteiger partial charge >= 0.3 is 12.1 Å². The van der Waals surface area contributed by atoms with Crippen molar-refractivity contribution >= 4 is 23.0 Å². The summed E-state index contributed by atoms with van der Waals surface area (Å²) in [5, 5.41) is 4.72. The van der Waals surface area contributed by atoms with Crippen LogP contribution in [0.25, 0.3) is 10.9 Å². The third-order valence-electron chi connectivity index (χ3n) is 4.23. The van der Waals surface area contributed by atoms with E-state index in [0.29, 0.717) is 23.0 Å². The van der Waals surface area contributed by atoms with Gasteiger partial charge in [-0.2, -0.15) is 0 Å². The van der Waals surface area contributed by atoms with E-state index in [1.807, 2.05) is 14.1 Å². The van der Waals surface area contributed by atoms with Crippen LogP contribution in [0, 0.1) is 11.8 Å². The van der Waals surface area contributed by atoms with E-state index in [0.717, 1.165) is 0 Å². The maximum Gasteiger partial charge on any atom is 0.407 e. The van der Waals surface area contributed by atoms with Crippen LogP contribution >= 0.6 is 0 Å². The van der Waals surface area contributed by atoms with Crippen molar-refractivity contribution in [2.75, 3.05) is 45.5 Å². The molecule has 33 heavy (non-hydrogen) atoms. The molecule has 0 radical (unpaired) electrons. The minimum Gasteiger partial charge on any atom is -0.462 e. The number of carbonyl (C=O) groups excluding carboxylic acids is 2. The lowest BCUT2D eigenvalue weighted by Crippen LogP contribution is -2.34. The number of carbonyl (C=O) groups is 2. The van der Waals surface area contributed by atoms with Gasteiger partial charge in [0.2, 0.25) is 5.43 Å². The summed E-state index contributed by atoms with van der Waals surface area (Å²) in [5.41, 5.74) is 0.261. The molecule has 0 fully saturated rings. The predicted octanol–water partition coefficient (Wildman–Crippen LogP) is 2.27. The maximum atomic E-state index is 12.9. The van der Waals surface area contributed by atoms with Crippen molar-refractivity contribution in [3.8, 4) is 11.8 Å². The highest BCUT2D eigenvalue weighted by molar-refractivity contribution is 5.94. The molecule has 1 amide bonds. The third-order valence-corrected chi connectivity index (χ3v) is 4.23. The first-order valence-corrected chi connectivity index (χ1v) is 10.6. The van der Waals surface area contributed by atoms with Gasteiger partial charge in [-0.15, -0.1) is 0 Å². The topological polar surface area (TPSA) is 99.1 Å². The Hall–Kier alpha value is -3.51. The SMILES string of the molecule is CCOC(=O)c1cn(N(C)C)c2ccc(C#CCOCCNC(=O)OC(C)(C)C)cc2c1=O. The number of nitrogens with one attached hydrogen (secondary N) is 1. The van der Waals surface area contributed by atoms with E-state index in [1.54, 1.807) is 55.6 Å². The number of alkyl carbamates (subject to hydrolysis) is 1. The first kappa shape index (κ1) is 25.7. The van der Waals surface area contributed by atoms with Crippen LogP contribution in [0.5, 0.6) is 0 Å². The standard InChI is InChI=1S/C24H31N3O6/c1-7-32-22(29)19-16-27(26(5)6)20-11-10-17(15-18(20)21(19)28)9-8-13-31-14-12-25-23(30)33-24(2,3)4/h10-11,15-16H,7,12-14H2,1-6H3,(H,25,30). The summed E-state index contributed by atoms with van der Waals surface area (Å²) in [6.07, 6.45) is 0.978. The molecule has 2 aromatic rings. The Bertz CT molecular complexity index is 1120. The molecule has 0 spiro atoms. The predicted molar refractivity (Wildman–Crippen MR) is 126 cm³/mol. The van der Waals surface area contributed by atoms with Crippen molar-refractivity contribution in [2.24, 2.45) is 0 Å². The Labute approximate surface area is 193 Å². The summed E-state index contributed by atoms with van der Waals surface area (Å²) in [5.74, 6) is 5.17. The minimum absolute atomic E-state index is 0.0380. The molecule has 1 heterocycles. The van der Waals surface area contributed by atoms with Crippen LogP contribution in [-0.2, 0) is 14.2 Å². The Morgan fingerprint density at radius 2 is 1.94 bits per heavy atom. The summed E-state index contributed by atoms with van der Waals surface area (Å²) >= 11 is 0. The van der Waals surface area contributed by atoms with Crippen LogP contribution in [0.4, 0.5) is 4.79 Å². The molecule has 0 aliphatic heterocycles. The molecule has 9 heteroatoms. The zero-order valence-electron chi connectivity index (χ0n) is 20.0. The zero-order chi connectivity index (χ0) is 24.6. The molecule has 0 bridgehead atoms. The molecule has 2 rings (SSSR count). The molecule has 0 aliphatic rings. The summed E-state index contributed by atoms with van der Waals surface area (Å²) < 4.78 is 17.3. The number of rotatable bonds is 7. The summed E-state index contributed by atoms with van der Waals surface area (Å²) in [7, 11) is 3.61. The molecular weight excluding hydrogens is 426 g/mol. The molecule has 0 unspecified atom stereocenters. The van der Waals surface area contributed by atoms with Gasteiger partial charge in [-0.1, -0.05) is 11.8 Å². The van der Waals surface area contributed by atoms with Crippen LogP contribution in [0.3, 0.4) is 0 Å². The second-order valence-electron chi connectivity index (χ2n) is 8.30. The number of ether oxygens (including phenoxy) is 3. The van der Waals surface area contributed by atoms with Crippen LogP contribution < -0.4 is 15.8 Å². The number of hydrogen-bond donors (Lipinski definition) is 1. The van der Waals surface area contributed by atoms with Crippen molar-refractivity contribution in [1.29, 1.82) is 0 Å². The fourth-order valence-corrected chi connectivity index (χ4v) is 2.88. The fraction of sp³-hybridized carbons (Fsp3) is 0.458. The lowest BCUT2D eigenvalue weighted by atomic mass is 10.1. The monoisotopic (exact) mass is 457 g/mol. The number of pyridine rings is 1. The second-order valence-corrected chi connectivity index (χ2v) is 8.30. The second kappa shape index (κ2) is 11.4. The van der Waals surface area contributed by atoms with E-state index in [1.165, 1.54) is 6.20 Å². The molecule has 0 saturated heterocycles. The fourth-order valence-electron chi connectivity index (χ4n) is 2.88. The van der Waals surface area contributed by atoms with Crippen LogP contribution in [0.2, 0.25) is 0 Å². The summed E-state index contributed by atoms with van der Waals surface area (Å²) in [6.45, 7) is 7.97. The van der Waals surface area contributed by atoms with E-state index in [4.69, 9.17) is 14.2 Å². The van der Waals surface area contributed by atoms with Crippen molar-refractivity contribution < 1.29 is 23.8 Å². The first-order valence-electron chi connectivity index (χ1n) is 10.6. The van der Waals surface area contributed by atoms with Crippen molar-refractivity contribution in [2.45, 2.75) is 33.3 Å². The van der Waals surface area contributed by atoms with Gasteiger partial charge in [0.15, 0.2) is 0 Å². The van der Waals surface area contributed by atoms with Gasteiger partial charge in [0, 0.05) is 37.8 Å². The molecule has 1 N–H and O–H groups in total. The number of amides is 1. The molecule has 0 aliphatic carbocycles. The van der Waals surface area contributed by atoms with Crippen LogP contribution in [0.1, 0.15) is 43.6 Å². The Balaban J connectivity index is 2.08. The van der Waals surface area contributed by atoms with Crippen molar-refractivity contribution in [1.82, 2.24) is 9.99 Å². The van der Waals surface area contributed by atoms with Crippen LogP contribution in [0.15, 0.2) is 29.2 Å². The van der Waals surface area contributed by atoms with Gasteiger partial charge in [-0.25, -0.2) is 9.59 Å². The first-order chi connectivity index (χ1) is 15.5. The normalized spacial score (nSPS) is 10.8. The number of hydrogen-bond acceptors (Lipinski definition) is 7. The van der Waals surface area contributed by atoms with Gasteiger partial charge in [0.05, 0.1) is 18.7 Å². The number of fused-ring (bicyclic) bond motifs is 1. The highest BCUT2D eigenvalue weighted by atomic mass is 16.6. The summed E-state index contributed by atoms with van der Waals surface area (Å²) in [4.78, 5) is 36.7. The number of aromatic nitrogens is 1. The quantitative estimate of drug-likeness (QED) is 0.387. The van der Waals surface area contributed by atoms with Gasteiger partial charge in [0.1, 0.15) is 17.8 Å². The van der Waals surface area contributed by atoms with Gasteiger partial charge in [-0.3, -0.25) is 9.47 Å². The molecule has 1 aromatic heterocycles. The highest BCUT2D eigenvalue weighted by Gasteiger charge is 2.17. The Kier molecular flexibility index (Phi) is 8.88. The van der Waals surface area contributed by atoms with E-state index < -0.39 is 23.1 Å². The molecule has 9 nitrogen and oxygen atoms in total. The molecular formula is C24H31N3O6. The Morgan fingerprint density at radius 3 is 2.58 bits per heavy atom. The number of nitrogens with zero attached hydrogens (tertiary/aromatic N) is 2. The average Bonchev–Trinajstić information content (AvgIpc) is 2.72. The van der Waals surface area contributed by atoms with E-state index in [-0.39, 0.29) is 25.4 Å². The largest absolute Gasteiger partial charge is 0.462 e. The minimum atomic E-state index is -0.662. The molecule has 178 valence electrons. The smallest absolute Gasteiger partial charge is 0.407 e. The zero-order valence-corrected chi connectivity index (χ0v) is 20.0. The van der Waals surface area contributed by atoms with Gasteiger partial charge in [-0.05, 0) is 45.9 Å². The van der Waals surface area contributed by atoms with Gasteiger partial charge < -0.3 is 24.5 Å². The highest BCUT2D eigenvalue weighted by Crippen LogP contribution is 2.15. The van der Waals surface area contributed by atoms with Crippen molar-refractivity contribution in [3.05, 3.63) is 45.7 Å². The Morgan fingerprint density at radius 1 is 1.21 bits per heavy atom. The van der Waals surface area contributed by atoms with E-state index in [2.05, 4.69) is 17.2 Å².